The number of amides is 2. The van der Waals surface area contributed by atoms with Crippen LogP contribution in [0.5, 0.6) is 0 Å². The summed E-state index contributed by atoms with van der Waals surface area (Å²) in [4.78, 5) is 26.9. The first kappa shape index (κ1) is 14.3. The second-order valence-corrected chi connectivity index (χ2v) is 5.18. The second kappa shape index (κ2) is 6.36. The maximum absolute atomic E-state index is 11.7. The van der Waals surface area contributed by atoms with Gasteiger partial charge < -0.3 is 15.7 Å². The van der Waals surface area contributed by atoms with Crippen LogP contribution in [-0.2, 0) is 11.3 Å². The molecule has 20 heavy (non-hydrogen) atoms. The molecule has 1 aliphatic carbocycles. The van der Waals surface area contributed by atoms with Gasteiger partial charge in [0.05, 0.1) is 5.41 Å². The number of pyridine rings is 1. The van der Waals surface area contributed by atoms with Gasteiger partial charge in [-0.1, -0.05) is 12.8 Å². The van der Waals surface area contributed by atoms with Crippen LogP contribution >= 0.6 is 0 Å². The zero-order valence-electron chi connectivity index (χ0n) is 11.3. The van der Waals surface area contributed by atoms with Gasteiger partial charge in [0.2, 0.25) is 0 Å². The van der Waals surface area contributed by atoms with E-state index in [4.69, 9.17) is 0 Å². The van der Waals surface area contributed by atoms with Crippen molar-refractivity contribution >= 4 is 12.0 Å². The van der Waals surface area contributed by atoms with Crippen molar-refractivity contribution < 1.29 is 14.7 Å². The second-order valence-electron chi connectivity index (χ2n) is 5.18. The van der Waals surface area contributed by atoms with E-state index < -0.39 is 11.4 Å². The molecule has 0 bridgehead atoms. The smallest absolute Gasteiger partial charge is 0.315 e. The maximum Gasteiger partial charge on any atom is 0.315 e. The molecule has 1 heterocycles. The Kier molecular flexibility index (Phi) is 4.55. The molecule has 0 aromatic carbocycles. The fourth-order valence-corrected chi connectivity index (χ4v) is 2.51. The quantitative estimate of drug-likeness (QED) is 0.761. The van der Waals surface area contributed by atoms with Crippen LogP contribution in [0.15, 0.2) is 24.5 Å². The van der Waals surface area contributed by atoms with Crippen molar-refractivity contribution in [1.29, 1.82) is 0 Å². The summed E-state index contributed by atoms with van der Waals surface area (Å²) in [6.45, 7) is 0.582. The minimum atomic E-state index is -0.815. The molecule has 108 valence electrons. The molecule has 2 rings (SSSR count). The summed E-state index contributed by atoms with van der Waals surface area (Å²) < 4.78 is 0. The van der Waals surface area contributed by atoms with Crippen molar-refractivity contribution in [3.8, 4) is 0 Å². The zero-order chi connectivity index (χ0) is 14.4. The van der Waals surface area contributed by atoms with Crippen LogP contribution in [0.25, 0.3) is 0 Å². The van der Waals surface area contributed by atoms with Gasteiger partial charge in [-0.05, 0) is 30.5 Å². The summed E-state index contributed by atoms with van der Waals surface area (Å²) >= 11 is 0. The van der Waals surface area contributed by atoms with E-state index in [2.05, 4.69) is 15.6 Å². The van der Waals surface area contributed by atoms with Gasteiger partial charge in [0.1, 0.15) is 0 Å². The van der Waals surface area contributed by atoms with Crippen LogP contribution in [0.3, 0.4) is 0 Å². The third-order valence-electron chi connectivity index (χ3n) is 3.80. The Hall–Kier alpha value is -2.11. The maximum atomic E-state index is 11.7. The Labute approximate surface area is 117 Å². The molecule has 6 nitrogen and oxygen atoms in total. The summed E-state index contributed by atoms with van der Waals surface area (Å²) in [6.07, 6.45) is 6.40. The van der Waals surface area contributed by atoms with E-state index in [9.17, 15) is 14.7 Å². The van der Waals surface area contributed by atoms with Crippen LogP contribution in [0, 0.1) is 5.41 Å². The van der Waals surface area contributed by atoms with Crippen molar-refractivity contribution in [2.75, 3.05) is 6.54 Å². The van der Waals surface area contributed by atoms with Crippen LogP contribution in [-0.4, -0.2) is 28.6 Å². The Morgan fingerprint density at radius 1 is 1.20 bits per heavy atom. The largest absolute Gasteiger partial charge is 0.481 e. The molecule has 1 saturated carbocycles. The topological polar surface area (TPSA) is 91.3 Å². The van der Waals surface area contributed by atoms with Gasteiger partial charge >= 0.3 is 12.0 Å². The first-order valence-corrected chi connectivity index (χ1v) is 6.76. The summed E-state index contributed by atoms with van der Waals surface area (Å²) in [5, 5.41) is 14.7. The number of aromatic nitrogens is 1. The lowest BCUT2D eigenvalue weighted by molar-refractivity contribution is -0.148. The van der Waals surface area contributed by atoms with Gasteiger partial charge in [-0.25, -0.2) is 4.79 Å². The highest BCUT2D eigenvalue weighted by molar-refractivity contribution is 5.78. The number of carbonyl (C=O) groups excluding carboxylic acids is 1. The Morgan fingerprint density at radius 2 is 1.85 bits per heavy atom. The molecule has 1 aromatic heterocycles. The number of hydrogen-bond donors (Lipinski definition) is 3. The lowest BCUT2D eigenvalue weighted by Crippen LogP contribution is -2.44. The Balaban J connectivity index is 1.78. The molecule has 1 aromatic rings. The van der Waals surface area contributed by atoms with E-state index in [1.165, 1.54) is 0 Å². The molecule has 0 aliphatic heterocycles. The van der Waals surface area contributed by atoms with Crippen LogP contribution < -0.4 is 10.6 Å². The van der Waals surface area contributed by atoms with E-state index in [-0.39, 0.29) is 12.6 Å². The number of hydrogen-bond acceptors (Lipinski definition) is 3. The Bertz CT molecular complexity index is 470. The highest BCUT2D eigenvalue weighted by Crippen LogP contribution is 2.37. The third kappa shape index (κ3) is 3.46. The van der Waals surface area contributed by atoms with Gasteiger partial charge in [-0.15, -0.1) is 0 Å². The highest BCUT2D eigenvalue weighted by Gasteiger charge is 2.41. The summed E-state index contributed by atoms with van der Waals surface area (Å²) in [6, 6.07) is 3.29. The van der Waals surface area contributed by atoms with E-state index >= 15 is 0 Å². The molecule has 2 amide bonds. The number of aliphatic carboxylic acids is 1. The van der Waals surface area contributed by atoms with Gasteiger partial charge in [0.15, 0.2) is 0 Å². The molecule has 1 aliphatic rings. The van der Waals surface area contributed by atoms with Crippen molar-refractivity contribution in [2.45, 2.75) is 32.2 Å². The molecule has 0 radical (unpaired) electrons. The number of carbonyl (C=O) groups is 2. The molecule has 1 fully saturated rings. The van der Waals surface area contributed by atoms with Gasteiger partial charge in [-0.3, -0.25) is 9.78 Å². The van der Waals surface area contributed by atoms with Crippen LogP contribution in [0.2, 0.25) is 0 Å². The van der Waals surface area contributed by atoms with Crippen molar-refractivity contribution in [1.82, 2.24) is 15.6 Å². The SMILES string of the molecule is O=C(NCc1ccncc1)NCC1(C(=O)O)CCCC1. The molecule has 0 atom stereocenters. The van der Waals surface area contributed by atoms with Crippen molar-refractivity contribution in [3.63, 3.8) is 0 Å². The summed E-state index contributed by atoms with van der Waals surface area (Å²) in [7, 11) is 0. The zero-order valence-corrected chi connectivity index (χ0v) is 11.3. The normalized spacial score (nSPS) is 16.6. The predicted octanol–water partition coefficient (Wildman–Crippen LogP) is 1.53. The van der Waals surface area contributed by atoms with E-state index in [1.807, 2.05) is 12.1 Å². The monoisotopic (exact) mass is 277 g/mol. The Morgan fingerprint density at radius 3 is 2.45 bits per heavy atom. The molecular formula is C14H19N3O3. The first-order valence-electron chi connectivity index (χ1n) is 6.76. The van der Waals surface area contributed by atoms with Gasteiger partial charge in [0, 0.05) is 25.5 Å². The fraction of sp³-hybridized carbons (Fsp3) is 0.500. The molecule has 3 N–H and O–H groups in total. The summed E-state index contributed by atoms with van der Waals surface area (Å²) in [5.74, 6) is -0.815. The van der Waals surface area contributed by atoms with E-state index in [0.29, 0.717) is 19.4 Å². The van der Waals surface area contributed by atoms with Crippen molar-refractivity contribution in [3.05, 3.63) is 30.1 Å². The number of carboxylic acids is 1. The molecule has 0 unspecified atom stereocenters. The van der Waals surface area contributed by atoms with Gasteiger partial charge in [0.25, 0.3) is 0 Å². The van der Waals surface area contributed by atoms with Gasteiger partial charge in [-0.2, -0.15) is 0 Å². The van der Waals surface area contributed by atoms with E-state index in [1.54, 1.807) is 12.4 Å². The standard InChI is InChI=1S/C14H19N3O3/c18-12(19)14(5-1-2-6-14)10-17-13(20)16-9-11-3-7-15-8-4-11/h3-4,7-8H,1-2,5-6,9-10H2,(H,18,19)(H2,16,17,20). The van der Waals surface area contributed by atoms with Crippen LogP contribution in [0.4, 0.5) is 4.79 Å². The number of rotatable bonds is 5. The minimum absolute atomic E-state index is 0.185. The fourth-order valence-electron chi connectivity index (χ4n) is 2.51. The van der Waals surface area contributed by atoms with Crippen molar-refractivity contribution in [2.24, 2.45) is 5.41 Å². The number of carboxylic acid groups (broad SMARTS) is 1. The summed E-state index contributed by atoms with van der Waals surface area (Å²) in [5.41, 5.74) is 0.164. The van der Waals surface area contributed by atoms with Crippen LogP contribution in [0.1, 0.15) is 31.2 Å². The number of nitrogens with zero attached hydrogens (tertiary/aromatic N) is 1. The average Bonchev–Trinajstić information content (AvgIpc) is 2.94. The molecule has 0 spiro atoms. The lowest BCUT2D eigenvalue weighted by Gasteiger charge is -2.24. The van der Waals surface area contributed by atoms with E-state index in [0.717, 1.165) is 18.4 Å². The highest BCUT2D eigenvalue weighted by atomic mass is 16.4. The number of nitrogens with one attached hydrogen (secondary N) is 2. The molecule has 6 heteroatoms. The lowest BCUT2D eigenvalue weighted by atomic mass is 9.86. The first-order chi connectivity index (χ1) is 9.62. The number of urea groups is 1. The average molecular weight is 277 g/mol. The molecule has 0 saturated heterocycles. The minimum Gasteiger partial charge on any atom is -0.481 e. The predicted molar refractivity (Wildman–Crippen MR) is 73.0 cm³/mol. The molecular weight excluding hydrogens is 258 g/mol. The third-order valence-corrected chi connectivity index (χ3v) is 3.80.